The third kappa shape index (κ3) is 5.17. The number of thioether (sulfide) groups is 1. The summed E-state index contributed by atoms with van der Waals surface area (Å²) >= 11 is 6.25. The maximum atomic E-state index is 5.46. The highest BCUT2D eigenvalue weighted by molar-refractivity contribution is 8.21. The number of rotatable bonds is 5. The largest absolute Gasteiger partial charge is 0.328 e. The number of hydrogen-bond acceptors (Lipinski definition) is 4. The van der Waals surface area contributed by atoms with Crippen LogP contribution in [0.3, 0.4) is 0 Å². The van der Waals surface area contributed by atoms with Gasteiger partial charge in [-0.3, -0.25) is 0 Å². The highest BCUT2D eigenvalue weighted by atomic mass is 32.2. The molecule has 0 aromatic rings. The molecule has 0 spiro atoms. The summed E-state index contributed by atoms with van der Waals surface area (Å²) in [6.45, 7) is 4.80. The van der Waals surface area contributed by atoms with Gasteiger partial charge in [-0.15, -0.1) is 11.8 Å². The third-order valence-electron chi connectivity index (χ3n) is 0.953. The minimum Gasteiger partial charge on any atom is -0.328 e. The second kappa shape index (κ2) is 6.09. The van der Waals surface area contributed by atoms with E-state index in [9.17, 15) is 0 Å². The number of nitrogens with one attached hydrogen (secondary N) is 1. The summed E-state index contributed by atoms with van der Waals surface area (Å²) in [4.78, 5) is 0. The normalized spacial score (nSPS) is 13.6. The van der Waals surface area contributed by atoms with Gasteiger partial charge < -0.3 is 11.1 Å². The lowest BCUT2D eigenvalue weighted by Crippen LogP contribution is -2.37. The first-order valence-electron chi connectivity index (χ1n) is 3.26. The molecule has 10 heavy (non-hydrogen) atoms. The number of nitrogens with two attached hydrogens (primary N) is 1. The van der Waals surface area contributed by atoms with Gasteiger partial charge in [-0.2, -0.15) is 0 Å². The van der Waals surface area contributed by atoms with Crippen LogP contribution in [0.15, 0.2) is 0 Å². The molecule has 2 nitrogen and oxygen atoms in total. The fraction of sp³-hybridized carbons (Fsp3) is 0.833. The van der Waals surface area contributed by atoms with Gasteiger partial charge in [0.1, 0.15) is 0 Å². The smallest absolute Gasteiger partial charge is 0.0708 e. The third-order valence-corrected chi connectivity index (χ3v) is 2.05. The van der Waals surface area contributed by atoms with Crippen LogP contribution in [0.4, 0.5) is 0 Å². The van der Waals surface area contributed by atoms with Gasteiger partial charge in [-0.1, -0.05) is 12.2 Å². The first-order valence-corrected chi connectivity index (χ1v) is 4.67. The predicted octanol–water partition coefficient (Wildman–Crippen LogP) is 0.960. The lowest BCUT2D eigenvalue weighted by Gasteiger charge is -2.16. The Labute approximate surface area is 71.9 Å². The zero-order valence-corrected chi connectivity index (χ0v) is 7.97. The molecule has 0 aliphatic heterocycles. The van der Waals surface area contributed by atoms with E-state index >= 15 is 0 Å². The second-order valence-corrected chi connectivity index (χ2v) is 3.89. The van der Waals surface area contributed by atoms with Crippen LogP contribution in [-0.4, -0.2) is 22.7 Å². The van der Waals surface area contributed by atoms with Crippen LogP contribution in [-0.2, 0) is 0 Å². The Balaban J connectivity index is 3.48. The van der Waals surface area contributed by atoms with Crippen LogP contribution < -0.4 is 11.1 Å². The molecule has 0 aromatic heterocycles. The van der Waals surface area contributed by atoms with Gasteiger partial charge in [0.2, 0.25) is 0 Å². The Morgan fingerprint density at radius 3 is 2.60 bits per heavy atom. The summed E-state index contributed by atoms with van der Waals surface area (Å²) in [6.07, 6.45) is 0. The molecular weight excluding hydrogens is 164 g/mol. The quantitative estimate of drug-likeness (QED) is 0.486. The van der Waals surface area contributed by atoms with Crippen LogP contribution in [0.5, 0.6) is 0 Å². The van der Waals surface area contributed by atoms with Gasteiger partial charge in [0.15, 0.2) is 0 Å². The summed E-state index contributed by atoms with van der Waals surface area (Å²) in [5.41, 5.74) is 5.46. The minimum atomic E-state index is 0.275. The Hall–Kier alpha value is 0.360. The van der Waals surface area contributed by atoms with E-state index in [-0.39, 0.29) is 5.37 Å². The van der Waals surface area contributed by atoms with Crippen LogP contribution in [0.2, 0.25) is 0 Å². The van der Waals surface area contributed by atoms with Gasteiger partial charge in [0.05, 0.1) is 5.37 Å². The van der Waals surface area contributed by atoms with E-state index in [0.29, 0.717) is 12.6 Å². The van der Waals surface area contributed by atoms with Crippen molar-refractivity contribution in [3.8, 4) is 0 Å². The molecule has 4 heteroatoms. The fourth-order valence-corrected chi connectivity index (χ4v) is 1.60. The van der Waals surface area contributed by atoms with Crippen molar-refractivity contribution in [3.05, 3.63) is 0 Å². The summed E-state index contributed by atoms with van der Waals surface area (Å²) in [6, 6.07) is 0.469. The molecule has 0 saturated carbocycles. The summed E-state index contributed by atoms with van der Waals surface area (Å²) in [7, 11) is 0. The van der Waals surface area contributed by atoms with Crippen molar-refractivity contribution >= 4 is 28.7 Å². The van der Waals surface area contributed by atoms with E-state index < -0.39 is 0 Å². The van der Waals surface area contributed by atoms with Crippen LogP contribution in [0.1, 0.15) is 13.8 Å². The predicted molar refractivity (Wildman–Crippen MR) is 52.4 cm³/mol. The Kier molecular flexibility index (Phi) is 6.31. The van der Waals surface area contributed by atoms with E-state index in [4.69, 9.17) is 5.73 Å². The van der Waals surface area contributed by atoms with Crippen molar-refractivity contribution in [3.63, 3.8) is 0 Å². The maximum absolute atomic E-state index is 5.46. The Morgan fingerprint density at radius 1 is 1.70 bits per heavy atom. The van der Waals surface area contributed by atoms with E-state index in [2.05, 4.69) is 31.4 Å². The van der Waals surface area contributed by atoms with Crippen LogP contribution in [0, 0.1) is 0 Å². The molecule has 0 heterocycles. The zero-order chi connectivity index (χ0) is 7.98. The molecule has 0 fully saturated rings. The molecule has 3 N–H and O–H groups in total. The van der Waals surface area contributed by atoms with Gasteiger partial charge in [0.25, 0.3) is 0 Å². The summed E-state index contributed by atoms with van der Waals surface area (Å²) < 4.78 is 1.65. The SMILES string of the molecule is CC(C)NC(CN)SC=S. The standard InChI is InChI=1S/C6H14N2S2/c1-5(2)8-6(3-7)10-4-9/h4-6,8H,3,7H2,1-2H3. The molecule has 0 amide bonds. The van der Waals surface area contributed by atoms with Gasteiger partial charge >= 0.3 is 0 Å². The van der Waals surface area contributed by atoms with Crippen LogP contribution in [0.25, 0.3) is 0 Å². The molecule has 60 valence electrons. The molecule has 0 radical (unpaired) electrons. The molecular formula is C6H14N2S2. The monoisotopic (exact) mass is 178 g/mol. The first-order chi connectivity index (χ1) is 4.70. The lowest BCUT2D eigenvalue weighted by molar-refractivity contribution is 0.569. The topological polar surface area (TPSA) is 38.0 Å². The van der Waals surface area contributed by atoms with Crippen LogP contribution >= 0.6 is 24.0 Å². The molecule has 0 saturated heterocycles. The van der Waals surface area contributed by atoms with Crippen molar-refractivity contribution < 1.29 is 0 Å². The van der Waals surface area contributed by atoms with E-state index in [1.54, 1.807) is 16.5 Å². The van der Waals surface area contributed by atoms with Crippen molar-refractivity contribution in [1.29, 1.82) is 0 Å². The van der Waals surface area contributed by atoms with Crippen molar-refractivity contribution in [2.24, 2.45) is 5.73 Å². The molecule has 0 aromatic carbocycles. The molecule has 0 rings (SSSR count). The van der Waals surface area contributed by atoms with Crippen molar-refractivity contribution in [1.82, 2.24) is 5.32 Å². The molecule has 1 atom stereocenters. The summed E-state index contributed by atoms with van der Waals surface area (Å²) in [5, 5.41) is 3.55. The highest BCUT2D eigenvalue weighted by Crippen LogP contribution is 2.03. The second-order valence-electron chi connectivity index (χ2n) is 2.28. The van der Waals surface area contributed by atoms with Crippen molar-refractivity contribution in [2.45, 2.75) is 25.3 Å². The number of hydrogen-bond donors (Lipinski definition) is 2. The zero-order valence-electron chi connectivity index (χ0n) is 6.33. The molecule has 1 unspecified atom stereocenters. The summed E-state index contributed by atoms with van der Waals surface area (Å²) in [5.74, 6) is 0. The molecule has 0 aliphatic carbocycles. The minimum absolute atomic E-state index is 0.275. The van der Waals surface area contributed by atoms with E-state index in [1.165, 1.54) is 0 Å². The average molecular weight is 178 g/mol. The fourth-order valence-electron chi connectivity index (χ4n) is 0.602. The van der Waals surface area contributed by atoms with E-state index in [0.717, 1.165) is 0 Å². The van der Waals surface area contributed by atoms with Gasteiger partial charge in [-0.25, -0.2) is 0 Å². The Morgan fingerprint density at radius 2 is 2.30 bits per heavy atom. The van der Waals surface area contributed by atoms with Gasteiger partial charge in [0, 0.05) is 17.3 Å². The Bertz CT molecular complexity index is 95.7. The molecule has 0 aliphatic rings. The maximum Gasteiger partial charge on any atom is 0.0708 e. The molecule has 0 bridgehead atoms. The average Bonchev–Trinajstić information content (AvgIpc) is 1.86. The lowest BCUT2D eigenvalue weighted by atomic mass is 10.4. The number of thiocarbonyl (C=S) groups is 1. The first kappa shape index (κ1) is 10.4. The van der Waals surface area contributed by atoms with E-state index in [1.807, 2.05) is 0 Å². The van der Waals surface area contributed by atoms with Crippen molar-refractivity contribution in [2.75, 3.05) is 6.54 Å². The highest BCUT2D eigenvalue weighted by Gasteiger charge is 2.04. The van der Waals surface area contributed by atoms with Gasteiger partial charge in [-0.05, 0) is 13.8 Å².